The van der Waals surface area contributed by atoms with Crippen molar-refractivity contribution in [3.63, 3.8) is 0 Å². The molecule has 164 valence electrons. The van der Waals surface area contributed by atoms with E-state index >= 15 is 0 Å². The summed E-state index contributed by atoms with van der Waals surface area (Å²) in [5, 5.41) is 12.6. The van der Waals surface area contributed by atoms with Gasteiger partial charge in [0, 0.05) is 25.2 Å². The van der Waals surface area contributed by atoms with Crippen LogP contribution in [0.25, 0.3) is 0 Å². The van der Waals surface area contributed by atoms with Crippen LogP contribution in [0, 0.1) is 5.92 Å². The van der Waals surface area contributed by atoms with Crippen LogP contribution in [0.3, 0.4) is 0 Å². The maximum Gasteiger partial charge on any atom is 0.230 e. The fourth-order valence-corrected chi connectivity index (χ4v) is 4.18. The van der Waals surface area contributed by atoms with Crippen LogP contribution in [0.4, 0.5) is 5.95 Å². The summed E-state index contributed by atoms with van der Waals surface area (Å²) >= 11 is 1.42. The third kappa shape index (κ3) is 5.66. The molecule has 9 heteroatoms. The number of ether oxygens (including phenoxy) is 2. The molecule has 1 amide bonds. The van der Waals surface area contributed by atoms with E-state index in [-0.39, 0.29) is 17.7 Å². The minimum Gasteiger partial charge on any atom is -0.496 e. The zero-order valence-corrected chi connectivity index (χ0v) is 18.9. The van der Waals surface area contributed by atoms with Crippen molar-refractivity contribution in [3.8, 4) is 5.75 Å². The fraction of sp³-hybridized carbons (Fsp3) is 0.571. The largest absolute Gasteiger partial charge is 0.496 e. The topological polar surface area (TPSA) is 81.5 Å². The second-order valence-corrected chi connectivity index (χ2v) is 8.65. The average molecular weight is 434 g/mol. The molecule has 8 nitrogen and oxygen atoms in total. The molecule has 1 saturated heterocycles. The lowest BCUT2D eigenvalue weighted by atomic mass is 10.1. The molecular weight excluding hydrogens is 402 g/mol. The van der Waals surface area contributed by atoms with Crippen molar-refractivity contribution in [3.05, 3.63) is 29.8 Å². The highest BCUT2D eigenvalue weighted by Crippen LogP contribution is 2.26. The van der Waals surface area contributed by atoms with E-state index in [1.54, 1.807) is 7.11 Å². The number of carbonyl (C=O) groups excluding carboxylic acids is 1. The Labute approximate surface area is 182 Å². The van der Waals surface area contributed by atoms with Crippen molar-refractivity contribution in [2.45, 2.75) is 38.5 Å². The molecule has 0 radical (unpaired) electrons. The van der Waals surface area contributed by atoms with Gasteiger partial charge in [0.1, 0.15) is 5.75 Å². The van der Waals surface area contributed by atoms with Gasteiger partial charge in [-0.15, -0.1) is 10.2 Å². The van der Waals surface area contributed by atoms with Gasteiger partial charge in [-0.05, 0) is 18.9 Å². The molecule has 1 N–H and O–H groups in total. The number of thioether (sulfide) groups is 1. The normalized spacial score (nSPS) is 15.3. The smallest absolute Gasteiger partial charge is 0.230 e. The van der Waals surface area contributed by atoms with Crippen LogP contribution in [-0.2, 0) is 16.1 Å². The molecular formula is C21H31N5O3S. The third-order valence-electron chi connectivity index (χ3n) is 4.85. The van der Waals surface area contributed by atoms with Crippen molar-refractivity contribution >= 4 is 23.6 Å². The van der Waals surface area contributed by atoms with Gasteiger partial charge in [0.15, 0.2) is 5.16 Å². The number of benzene rings is 1. The van der Waals surface area contributed by atoms with E-state index in [0.717, 1.165) is 42.1 Å². The van der Waals surface area contributed by atoms with Gasteiger partial charge in [0.05, 0.1) is 32.1 Å². The lowest BCUT2D eigenvalue weighted by Crippen LogP contribution is -2.38. The van der Waals surface area contributed by atoms with Crippen LogP contribution in [0.5, 0.6) is 5.75 Å². The number of anilines is 1. The SMILES string of the molecule is COc1ccccc1C(C)NC(=O)CSc1nnc(N2CCOCC2)n1CC(C)C. The number of para-hydroxylation sites is 1. The van der Waals surface area contributed by atoms with Crippen LogP contribution in [0.2, 0.25) is 0 Å². The Morgan fingerprint density at radius 2 is 1.97 bits per heavy atom. The van der Waals surface area contributed by atoms with E-state index in [1.807, 2.05) is 31.2 Å². The number of methoxy groups -OCH3 is 1. The number of morpholine rings is 1. The van der Waals surface area contributed by atoms with Crippen LogP contribution < -0.4 is 15.0 Å². The average Bonchev–Trinajstić information content (AvgIpc) is 3.14. The highest BCUT2D eigenvalue weighted by Gasteiger charge is 2.22. The molecule has 0 aliphatic carbocycles. The predicted molar refractivity (Wildman–Crippen MR) is 118 cm³/mol. The fourth-order valence-electron chi connectivity index (χ4n) is 3.43. The maximum atomic E-state index is 12.6. The van der Waals surface area contributed by atoms with Crippen molar-refractivity contribution < 1.29 is 14.3 Å². The minimum absolute atomic E-state index is 0.0505. The van der Waals surface area contributed by atoms with Gasteiger partial charge in [-0.3, -0.25) is 9.36 Å². The van der Waals surface area contributed by atoms with Crippen molar-refractivity contribution in [1.29, 1.82) is 0 Å². The van der Waals surface area contributed by atoms with E-state index in [0.29, 0.717) is 19.1 Å². The first-order valence-electron chi connectivity index (χ1n) is 10.3. The van der Waals surface area contributed by atoms with Gasteiger partial charge < -0.3 is 19.7 Å². The molecule has 1 aliphatic rings. The molecule has 2 heterocycles. The van der Waals surface area contributed by atoms with Gasteiger partial charge in [0.2, 0.25) is 11.9 Å². The van der Waals surface area contributed by atoms with Crippen LogP contribution in [0.15, 0.2) is 29.4 Å². The number of nitrogens with one attached hydrogen (secondary N) is 1. The Bertz CT molecular complexity index is 836. The van der Waals surface area contributed by atoms with Crippen LogP contribution in [-0.4, -0.2) is 59.8 Å². The molecule has 2 aromatic rings. The summed E-state index contributed by atoms with van der Waals surface area (Å²) in [6.07, 6.45) is 0. The van der Waals surface area contributed by atoms with Gasteiger partial charge in [-0.2, -0.15) is 0 Å². The zero-order chi connectivity index (χ0) is 21.5. The van der Waals surface area contributed by atoms with Crippen LogP contribution >= 0.6 is 11.8 Å². The predicted octanol–water partition coefficient (Wildman–Crippen LogP) is 2.75. The highest BCUT2D eigenvalue weighted by atomic mass is 32.2. The Morgan fingerprint density at radius 3 is 2.67 bits per heavy atom. The molecule has 1 aromatic carbocycles. The number of hydrogen-bond donors (Lipinski definition) is 1. The van der Waals surface area contributed by atoms with Gasteiger partial charge in [0.25, 0.3) is 0 Å². The van der Waals surface area contributed by atoms with Gasteiger partial charge >= 0.3 is 0 Å². The molecule has 0 spiro atoms. The molecule has 1 atom stereocenters. The summed E-state index contributed by atoms with van der Waals surface area (Å²) in [5.41, 5.74) is 0.955. The first kappa shape index (κ1) is 22.4. The van der Waals surface area contributed by atoms with Gasteiger partial charge in [-0.1, -0.05) is 43.8 Å². The maximum absolute atomic E-state index is 12.6. The molecule has 1 aliphatic heterocycles. The summed E-state index contributed by atoms with van der Waals surface area (Å²) in [6, 6.07) is 7.57. The quantitative estimate of drug-likeness (QED) is 0.609. The summed E-state index contributed by atoms with van der Waals surface area (Å²) in [5.74, 6) is 2.30. The molecule has 0 bridgehead atoms. The third-order valence-corrected chi connectivity index (χ3v) is 5.82. The number of rotatable bonds is 9. The number of hydrogen-bond acceptors (Lipinski definition) is 7. The van der Waals surface area contributed by atoms with Crippen molar-refractivity contribution in [2.24, 2.45) is 5.92 Å². The van der Waals surface area contributed by atoms with E-state index in [4.69, 9.17) is 9.47 Å². The minimum atomic E-state index is -0.147. The number of nitrogens with zero attached hydrogens (tertiary/aromatic N) is 4. The van der Waals surface area contributed by atoms with E-state index in [2.05, 4.69) is 38.8 Å². The van der Waals surface area contributed by atoms with Gasteiger partial charge in [-0.25, -0.2) is 0 Å². The Balaban J connectivity index is 1.64. The summed E-state index contributed by atoms with van der Waals surface area (Å²) in [7, 11) is 1.64. The molecule has 30 heavy (non-hydrogen) atoms. The lowest BCUT2D eigenvalue weighted by molar-refractivity contribution is -0.119. The first-order valence-corrected chi connectivity index (χ1v) is 11.3. The summed E-state index contributed by atoms with van der Waals surface area (Å²) < 4.78 is 13.0. The standard InChI is InChI=1S/C21H31N5O3S/c1-15(2)13-26-20(25-9-11-29-12-10-25)23-24-21(26)30-14-19(27)22-16(3)17-7-5-6-8-18(17)28-4/h5-8,15-16H,9-14H2,1-4H3,(H,22,27). The van der Waals surface area contributed by atoms with E-state index in [1.165, 1.54) is 11.8 Å². The number of carbonyl (C=O) groups is 1. The summed E-state index contributed by atoms with van der Waals surface area (Å²) in [6.45, 7) is 10.1. The zero-order valence-electron chi connectivity index (χ0n) is 18.1. The number of aromatic nitrogens is 3. The summed E-state index contributed by atoms with van der Waals surface area (Å²) in [4.78, 5) is 14.8. The van der Waals surface area contributed by atoms with Crippen molar-refractivity contribution in [1.82, 2.24) is 20.1 Å². The first-order chi connectivity index (χ1) is 14.5. The number of amides is 1. The Morgan fingerprint density at radius 1 is 1.23 bits per heavy atom. The van der Waals surface area contributed by atoms with Crippen LogP contribution in [0.1, 0.15) is 32.4 Å². The second-order valence-electron chi connectivity index (χ2n) is 7.71. The molecule has 1 unspecified atom stereocenters. The van der Waals surface area contributed by atoms with E-state index < -0.39 is 0 Å². The van der Waals surface area contributed by atoms with Crippen molar-refractivity contribution in [2.75, 3.05) is 44.1 Å². The Hall–Kier alpha value is -2.26. The monoisotopic (exact) mass is 433 g/mol. The second kappa shape index (κ2) is 10.7. The van der Waals surface area contributed by atoms with E-state index in [9.17, 15) is 4.79 Å². The highest BCUT2D eigenvalue weighted by molar-refractivity contribution is 7.99. The lowest BCUT2D eigenvalue weighted by Gasteiger charge is -2.28. The Kier molecular flexibility index (Phi) is 7.98. The molecule has 3 rings (SSSR count). The molecule has 1 fully saturated rings. The molecule has 1 aromatic heterocycles. The molecule has 0 saturated carbocycles.